The third-order valence-electron chi connectivity index (χ3n) is 1.74. The van der Waals surface area contributed by atoms with Gasteiger partial charge in [-0.1, -0.05) is 15.9 Å². The zero-order chi connectivity index (χ0) is 9.68. The Morgan fingerprint density at radius 1 is 1.46 bits per heavy atom. The number of ether oxygens (including phenoxy) is 1. The van der Waals surface area contributed by atoms with Gasteiger partial charge in [-0.05, 0) is 43.7 Å². The molecule has 1 rings (SSSR count). The van der Waals surface area contributed by atoms with Crippen LogP contribution in [0.5, 0.6) is 5.75 Å². The molecule has 0 unspecified atom stereocenters. The summed E-state index contributed by atoms with van der Waals surface area (Å²) in [6.45, 7) is 3.32. The molecule has 2 N–H and O–H groups in total. The van der Waals surface area contributed by atoms with Gasteiger partial charge in [0, 0.05) is 4.47 Å². The fourth-order valence-electron chi connectivity index (χ4n) is 1.20. The summed E-state index contributed by atoms with van der Waals surface area (Å²) in [5.41, 5.74) is 6.67. The molecule has 0 amide bonds. The molecule has 0 heterocycles. The van der Waals surface area contributed by atoms with Crippen LogP contribution in [-0.2, 0) is 6.42 Å². The minimum Gasteiger partial charge on any atom is -0.494 e. The number of hydrogen-bond donors (Lipinski definition) is 1. The molecule has 0 aliphatic carbocycles. The maximum absolute atomic E-state index is 5.50. The van der Waals surface area contributed by atoms with Crippen LogP contribution in [0.4, 0.5) is 0 Å². The van der Waals surface area contributed by atoms with Gasteiger partial charge in [0.15, 0.2) is 0 Å². The lowest BCUT2D eigenvalue weighted by atomic mass is 10.1. The lowest BCUT2D eigenvalue weighted by Crippen LogP contribution is -2.05. The topological polar surface area (TPSA) is 35.2 Å². The lowest BCUT2D eigenvalue weighted by Gasteiger charge is -2.09. The zero-order valence-electron chi connectivity index (χ0n) is 7.72. The van der Waals surface area contributed by atoms with E-state index < -0.39 is 0 Å². The van der Waals surface area contributed by atoms with Crippen LogP contribution in [0.1, 0.15) is 12.5 Å². The highest BCUT2D eigenvalue weighted by Gasteiger charge is 2.02. The van der Waals surface area contributed by atoms with E-state index in [0.29, 0.717) is 13.2 Å². The van der Waals surface area contributed by atoms with Crippen molar-refractivity contribution in [3.63, 3.8) is 0 Å². The SMILES string of the molecule is CCOc1ccc(Br)cc1CCN. The maximum Gasteiger partial charge on any atom is 0.122 e. The number of rotatable bonds is 4. The molecule has 0 aliphatic heterocycles. The molecule has 0 aromatic heterocycles. The van der Waals surface area contributed by atoms with Gasteiger partial charge in [-0.25, -0.2) is 0 Å². The van der Waals surface area contributed by atoms with Crippen LogP contribution < -0.4 is 10.5 Å². The molecule has 0 spiro atoms. The molecule has 0 saturated heterocycles. The lowest BCUT2D eigenvalue weighted by molar-refractivity contribution is 0.336. The van der Waals surface area contributed by atoms with E-state index >= 15 is 0 Å². The Balaban J connectivity index is 2.89. The molecule has 0 saturated carbocycles. The number of nitrogens with two attached hydrogens (primary N) is 1. The Bertz CT molecular complexity index is 276. The largest absolute Gasteiger partial charge is 0.494 e. The Labute approximate surface area is 87.2 Å². The Morgan fingerprint density at radius 3 is 2.85 bits per heavy atom. The first-order valence-corrected chi connectivity index (χ1v) is 5.18. The minimum atomic E-state index is 0.649. The van der Waals surface area contributed by atoms with Gasteiger partial charge >= 0.3 is 0 Å². The number of halogens is 1. The van der Waals surface area contributed by atoms with Crippen LogP contribution in [-0.4, -0.2) is 13.2 Å². The summed E-state index contributed by atoms with van der Waals surface area (Å²) in [5, 5.41) is 0. The van der Waals surface area contributed by atoms with Crippen molar-refractivity contribution in [3.05, 3.63) is 28.2 Å². The zero-order valence-corrected chi connectivity index (χ0v) is 9.30. The fraction of sp³-hybridized carbons (Fsp3) is 0.400. The normalized spacial score (nSPS) is 10.1. The van der Waals surface area contributed by atoms with Gasteiger partial charge in [0.25, 0.3) is 0 Å². The van der Waals surface area contributed by atoms with Crippen molar-refractivity contribution < 1.29 is 4.74 Å². The first-order chi connectivity index (χ1) is 6.27. The summed E-state index contributed by atoms with van der Waals surface area (Å²) in [4.78, 5) is 0. The van der Waals surface area contributed by atoms with E-state index in [-0.39, 0.29) is 0 Å². The second-order valence-corrected chi connectivity index (χ2v) is 3.64. The van der Waals surface area contributed by atoms with Crippen LogP contribution in [0, 0.1) is 0 Å². The molecule has 3 heteroatoms. The van der Waals surface area contributed by atoms with Crippen molar-refractivity contribution in [1.82, 2.24) is 0 Å². The van der Waals surface area contributed by atoms with E-state index in [1.165, 1.54) is 5.56 Å². The maximum atomic E-state index is 5.50. The predicted molar refractivity (Wildman–Crippen MR) is 58.1 cm³/mol. The summed E-state index contributed by atoms with van der Waals surface area (Å²) in [7, 11) is 0. The van der Waals surface area contributed by atoms with Crippen LogP contribution in [0.15, 0.2) is 22.7 Å². The Kier molecular flexibility index (Phi) is 4.25. The summed E-state index contributed by atoms with van der Waals surface area (Å²) < 4.78 is 6.54. The van der Waals surface area contributed by atoms with E-state index in [1.807, 2.05) is 19.1 Å². The molecule has 2 nitrogen and oxygen atoms in total. The molecular weight excluding hydrogens is 230 g/mol. The standard InChI is InChI=1S/C10H14BrNO/c1-2-13-10-4-3-9(11)7-8(10)5-6-12/h3-4,7H,2,5-6,12H2,1H3. The van der Waals surface area contributed by atoms with Gasteiger partial charge in [0.1, 0.15) is 5.75 Å². The molecule has 0 atom stereocenters. The minimum absolute atomic E-state index is 0.649. The molecule has 1 aromatic rings. The molecule has 0 bridgehead atoms. The first kappa shape index (κ1) is 10.5. The van der Waals surface area contributed by atoms with Crippen LogP contribution in [0.2, 0.25) is 0 Å². The van der Waals surface area contributed by atoms with Gasteiger partial charge in [-0.2, -0.15) is 0 Å². The molecule has 0 radical (unpaired) electrons. The van der Waals surface area contributed by atoms with Gasteiger partial charge in [-0.3, -0.25) is 0 Å². The van der Waals surface area contributed by atoms with E-state index in [9.17, 15) is 0 Å². The molecule has 0 fully saturated rings. The highest BCUT2D eigenvalue weighted by atomic mass is 79.9. The van der Waals surface area contributed by atoms with Crippen molar-refractivity contribution >= 4 is 15.9 Å². The molecule has 13 heavy (non-hydrogen) atoms. The van der Waals surface area contributed by atoms with Gasteiger partial charge in [0.2, 0.25) is 0 Å². The second-order valence-electron chi connectivity index (χ2n) is 2.72. The molecular formula is C10H14BrNO. The van der Waals surface area contributed by atoms with Crippen LogP contribution >= 0.6 is 15.9 Å². The van der Waals surface area contributed by atoms with E-state index in [2.05, 4.69) is 22.0 Å². The fourth-order valence-corrected chi connectivity index (χ4v) is 1.60. The van der Waals surface area contributed by atoms with Crippen molar-refractivity contribution in [1.29, 1.82) is 0 Å². The van der Waals surface area contributed by atoms with E-state index in [0.717, 1.165) is 16.6 Å². The van der Waals surface area contributed by atoms with Gasteiger partial charge < -0.3 is 10.5 Å². The van der Waals surface area contributed by atoms with Crippen molar-refractivity contribution in [2.24, 2.45) is 5.73 Å². The summed E-state index contributed by atoms with van der Waals surface area (Å²) >= 11 is 3.42. The average Bonchev–Trinajstić information content (AvgIpc) is 2.10. The van der Waals surface area contributed by atoms with Crippen molar-refractivity contribution in [2.45, 2.75) is 13.3 Å². The smallest absolute Gasteiger partial charge is 0.122 e. The van der Waals surface area contributed by atoms with Gasteiger partial charge in [-0.15, -0.1) is 0 Å². The Hall–Kier alpha value is -0.540. The molecule has 0 aliphatic rings. The summed E-state index contributed by atoms with van der Waals surface area (Å²) in [5.74, 6) is 0.941. The molecule has 72 valence electrons. The van der Waals surface area contributed by atoms with E-state index in [4.69, 9.17) is 10.5 Å². The van der Waals surface area contributed by atoms with Gasteiger partial charge in [0.05, 0.1) is 6.61 Å². The molecule has 1 aromatic carbocycles. The summed E-state index contributed by atoms with van der Waals surface area (Å²) in [6.07, 6.45) is 0.856. The highest BCUT2D eigenvalue weighted by molar-refractivity contribution is 9.10. The van der Waals surface area contributed by atoms with Crippen LogP contribution in [0.25, 0.3) is 0 Å². The third-order valence-corrected chi connectivity index (χ3v) is 2.23. The van der Waals surface area contributed by atoms with Crippen molar-refractivity contribution in [3.8, 4) is 5.75 Å². The highest BCUT2D eigenvalue weighted by Crippen LogP contribution is 2.23. The first-order valence-electron chi connectivity index (χ1n) is 4.39. The van der Waals surface area contributed by atoms with E-state index in [1.54, 1.807) is 0 Å². The average molecular weight is 244 g/mol. The quantitative estimate of drug-likeness (QED) is 0.882. The van der Waals surface area contributed by atoms with Crippen molar-refractivity contribution in [2.75, 3.05) is 13.2 Å². The number of hydrogen-bond acceptors (Lipinski definition) is 2. The second kappa shape index (κ2) is 5.25. The predicted octanol–water partition coefficient (Wildman–Crippen LogP) is 2.35. The third kappa shape index (κ3) is 3.01. The monoisotopic (exact) mass is 243 g/mol. The Morgan fingerprint density at radius 2 is 2.23 bits per heavy atom. The number of benzene rings is 1. The summed E-state index contributed by atoms with van der Waals surface area (Å²) in [6, 6.07) is 6.00. The van der Waals surface area contributed by atoms with Crippen LogP contribution in [0.3, 0.4) is 0 Å².